The topological polar surface area (TPSA) is 46.6 Å². The Morgan fingerprint density at radius 2 is 1.88 bits per heavy atom. The Morgan fingerprint density at radius 1 is 1.15 bits per heavy atom. The fraction of sp³-hybridized carbons (Fsp3) is 0.333. The van der Waals surface area contributed by atoms with E-state index in [0.29, 0.717) is 24.4 Å². The highest BCUT2D eigenvalue weighted by Crippen LogP contribution is 2.24. The Balaban J connectivity index is 1.67. The first-order chi connectivity index (χ1) is 12.4. The van der Waals surface area contributed by atoms with Crippen LogP contribution < -0.4 is 0 Å². The maximum Gasteiger partial charge on any atom is 0.243 e. The zero-order valence-electron chi connectivity index (χ0n) is 13.9. The lowest BCUT2D eigenvalue weighted by molar-refractivity contribution is 0.00685. The lowest BCUT2D eigenvalue weighted by Crippen LogP contribution is -2.43. The van der Waals surface area contributed by atoms with Gasteiger partial charge in [0, 0.05) is 23.7 Å². The molecule has 3 rings (SSSR count). The molecule has 1 saturated heterocycles. The molecule has 26 heavy (non-hydrogen) atoms. The summed E-state index contributed by atoms with van der Waals surface area (Å²) in [5.74, 6) is -1.09. The van der Waals surface area contributed by atoms with E-state index >= 15 is 0 Å². The SMILES string of the molecule is O=S(=O)(c1ccc(Cl)cc1)N1CCC[C@H](OCc2cc(F)ccc2F)C1. The molecule has 0 N–H and O–H groups in total. The molecule has 4 nitrogen and oxygen atoms in total. The van der Waals surface area contributed by atoms with E-state index in [1.54, 1.807) is 0 Å². The molecule has 0 saturated carbocycles. The summed E-state index contributed by atoms with van der Waals surface area (Å²) in [6, 6.07) is 9.15. The largest absolute Gasteiger partial charge is 0.372 e. The Hall–Kier alpha value is -1.54. The van der Waals surface area contributed by atoms with Gasteiger partial charge in [0.15, 0.2) is 0 Å². The number of halogens is 3. The molecule has 1 fully saturated rings. The molecule has 0 bridgehead atoms. The van der Waals surface area contributed by atoms with E-state index in [1.807, 2.05) is 0 Å². The smallest absolute Gasteiger partial charge is 0.243 e. The summed E-state index contributed by atoms with van der Waals surface area (Å²) >= 11 is 5.81. The van der Waals surface area contributed by atoms with Crippen LogP contribution >= 0.6 is 11.6 Å². The number of nitrogens with zero attached hydrogens (tertiary/aromatic N) is 1. The molecule has 1 atom stereocenters. The molecule has 0 spiro atoms. The van der Waals surface area contributed by atoms with Crippen molar-refractivity contribution in [3.05, 3.63) is 64.7 Å². The van der Waals surface area contributed by atoms with Gasteiger partial charge in [0.05, 0.1) is 17.6 Å². The Labute approximate surface area is 156 Å². The first-order valence-electron chi connectivity index (χ1n) is 8.17. The van der Waals surface area contributed by atoms with Crippen LogP contribution in [0.3, 0.4) is 0 Å². The summed E-state index contributed by atoms with van der Waals surface area (Å²) in [5.41, 5.74) is 0.114. The van der Waals surface area contributed by atoms with Gasteiger partial charge in [-0.15, -0.1) is 0 Å². The van der Waals surface area contributed by atoms with Gasteiger partial charge in [0.1, 0.15) is 11.6 Å². The van der Waals surface area contributed by atoms with Gasteiger partial charge in [-0.05, 0) is 55.3 Å². The Bertz CT molecular complexity index is 875. The zero-order chi connectivity index (χ0) is 18.7. The third-order valence-electron chi connectivity index (χ3n) is 4.27. The van der Waals surface area contributed by atoms with Gasteiger partial charge in [0.2, 0.25) is 10.0 Å². The molecule has 2 aromatic rings. The van der Waals surface area contributed by atoms with Crippen LogP contribution in [0.15, 0.2) is 47.4 Å². The summed E-state index contributed by atoms with van der Waals surface area (Å²) in [5, 5.41) is 0.459. The highest BCUT2D eigenvalue weighted by atomic mass is 35.5. The van der Waals surface area contributed by atoms with Gasteiger partial charge in [0.25, 0.3) is 0 Å². The molecule has 1 heterocycles. The first-order valence-corrected chi connectivity index (χ1v) is 9.99. The van der Waals surface area contributed by atoms with E-state index in [0.717, 1.165) is 18.2 Å². The number of piperidine rings is 1. The Morgan fingerprint density at radius 3 is 2.62 bits per heavy atom. The standard InChI is InChI=1S/C18H18ClF2NO3S/c19-14-3-6-17(7-4-14)26(23,24)22-9-1-2-16(11-22)25-12-13-10-15(20)5-8-18(13)21/h3-8,10,16H,1-2,9,11-12H2/t16-/m0/s1. The van der Waals surface area contributed by atoms with E-state index in [-0.39, 0.29) is 29.7 Å². The van der Waals surface area contributed by atoms with Gasteiger partial charge in [-0.25, -0.2) is 17.2 Å². The quantitative estimate of drug-likeness (QED) is 0.761. The molecule has 0 aromatic heterocycles. The van der Waals surface area contributed by atoms with E-state index in [9.17, 15) is 17.2 Å². The fourth-order valence-electron chi connectivity index (χ4n) is 2.88. The van der Waals surface area contributed by atoms with Gasteiger partial charge in [-0.3, -0.25) is 0 Å². The van der Waals surface area contributed by atoms with Gasteiger partial charge >= 0.3 is 0 Å². The van der Waals surface area contributed by atoms with Crippen LogP contribution in [0.5, 0.6) is 0 Å². The van der Waals surface area contributed by atoms with Crippen molar-refractivity contribution in [1.82, 2.24) is 4.31 Å². The van der Waals surface area contributed by atoms with Crippen molar-refractivity contribution in [2.45, 2.75) is 30.4 Å². The van der Waals surface area contributed by atoms with Crippen molar-refractivity contribution in [1.29, 1.82) is 0 Å². The average Bonchev–Trinajstić information content (AvgIpc) is 2.63. The van der Waals surface area contributed by atoms with E-state index in [2.05, 4.69) is 0 Å². The van der Waals surface area contributed by atoms with Crippen molar-refractivity contribution in [2.24, 2.45) is 0 Å². The third kappa shape index (κ3) is 4.40. The lowest BCUT2D eigenvalue weighted by atomic mass is 10.1. The van der Waals surface area contributed by atoms with Crippen molar-refractivity contribution in [3.8, 4) is 0 Å². The maximum atomic E-state index is 13.7. The normalized spacial score (nSPS) is 18.8. The number of hydrogen-bond acceptors (Lipinski definition) is 3. The molecule has 140 valence electrons. The average molecular weight is 402 g/mol. The predicted octanol–water partition coefficient (Wildman–Crippen LogP) is 3.99. The van der Waals surface area contributed by atoms with Crippen LogP contribution in [0.25, 0.3) is 0 Å². The van der Waals surface area contributed by atoms with Crippen molar-refractivity contribution in [2.75, 3.05) is 13.1 Å². The van der Waals surface area contributed by atoms with Gasteiger partial charge in [-0.1, -0.05) is 11.6 Å². The molecule has 0 aliphatic carbocycles. The monoisotopic (exact) mass is 401 g/mol. The van der Waals surface area contributed by atoms with Crippen molar-refractivity contribution < 1.29 is 21.9 Å². The number of rotatable bonds is 5. The molecular weight excluding hydrogens is 384 g/mol. The Kier molecular flexibility index (Phi) is 5.92. The third-order valence-corrected chi connectivity index (χ3v) is 6.41. The second kappa shape index (κ2) is 8.00. The lowest BCUT2D eigenvalue weighted by Gasteiger charge is -2.32. The van der Waals surface area contributed by atoms with Crippen LogP contribution in [0.4, 0.5) is 8.78 Å². The summed E-state index contributed by atoms with van der Waals surface area (Å²) in [4.78, 5) is 0.165. The molecule has 2 aromatic carbocycles. The summed E-state index contributed by atoms with van der Waals surface area (Å²) < 4.78 is 59.4. The van der Waals surface area contributed by atoms with Crippen LogP contribution in [-0.4, -0.2) is 31.9 Å². The van der Waals surface area contributed by atoms with Crippen LogP contribution in [0.1, 0.15) is 18.4 Å². The minimum Gasteiger partial charge on any atom is -0.372 e. The van der Waals surface area contributed by atoms with Crippen molar-refractivity contribution in [3.63, 3.8) is 0 Å². The number of benzene rings is 2. The molecule has 8 heteroatoms. The minimum absolute atomic E-state index is 0.108. The fourth-order valence-corrected chi connectivity index (χ4v) is 4.51. The van der Waals surface area contributed by atoms with Gasteiger partial charge in [-0.2, -0.15) is 4.31 Å². The molecule has 0 amide bonds. The molecule has 0 radical (unpaired) electrons. The summed E-state index contributed by atoms with van der Waals surface area (Å²) in [7, 11) is -3.65. The van der Waals surface area contributed by atoms with E-state index < -0.39 is 21.7 Å². The van der Waals surface area contributed by atoms with E-state index in [4.69, 9.17) is 16.3 Å². The zero-order valence-corrected chi connectivity index (χ0v) is 15.4. The molecule has 0 unspecified atom stereocenters. The number of ether oxygens (including phenoxy) is 1. The second-order valence-electron chi connectivity index (χ2n) is 6.13. The molecule has 1 aliphatic rings. The van der Waals surface area contributed by atoms with Gasteiger partial charge < -0.3 is 4.74 Å². The molecule has 1 aliphatic heterocycles. The number of sulfonamides is 1. The van der Waals surface area contributed by atoms with Crippen LogP contribution in [0, 0.1) is 11.6 Å². The highest BCUT2D eigenvalue weighted by molar-refractivity contribution is 7.89. The highest BCUT2D eigenvalue weighted by Gasteiger charge is 2.30. The van der Waals surface area contributed by atoms with Crippen LogP contribution in [-0.2, 0) is 21.4 Å². The van der Waals surface area contributed by atoms with Crippen molar-refractivity contribution >= 4 is 21.6 Å². The number of hydrogen-bond donors (Lipinski definition) is 0. The summed E-state index contributed by atoms with van der Waals surface area (Å²) in [6.45, 7) is 0.449. The second-order valence-corrected chi connectivity index (χ2v) is 8.50. The maximum absolute atomic E-state index is 13.7. The predicted molar refractivity (Wildman–Crippen MR) is 94.4 cm³/mol. The summed E-state index contributed by atoms with van der Waals surface area (Å²) in [6.07, 6.45) is 0.903. The van der Waals surface area contributed by atoms with Crippen LogP contribution in [0.2, 0.25) is 5.02 Å². The van der Waals surface area contributed by atoms with E-state index in [1.165, 1.54) is 28.6 Å². The molecular formula is C18H18ClF2NO3S. The first kappa shape index (κ1) is 19.2. The minimum atomic E-state index is -3.65.